The van der Waals surface area contributed by atoms with E-state index in [0.717, 1.165) is 39.7 Å². The Balaban J connectivity index is 1.43. The number of aromatic nitrogens is 5. The second kappa shape index (κ2) is 8.74. The monoisotopic (exact) mass is 439 g/mol. The van der Waals surface area contributed by atoms with Crippen LogP contribution in [-0.2, 0) is 6.42 Å². The van der Waals surface area contributed by atoms with Crippen molar-refractivity contribution >= 4 is 39.5 Å². The summed E-state index contributed by atoms with van der Waals surface area (Å²) in [6.45, 7) is 4.90. The zero-order valence-electron chi connectivity index (χ0n) is 18.5. The molecule has 2 aromatic carbocycles. The van der Waals surface area contributed by atoms with Gasteiger partial charge in [0.15, 0.2) is 17.0 Å². The van der Waals surface area contributed by atoms with Crippen LogP contribution in [0.5, 0.6) is 5.75 Å². The lowest BCUT2D eigenvalue weighted by Gasteiger charge is -2.13. The van der Waals surface area contributed by atoms with Gasteiger partial charge >= 0.3 is 0 Å². The number of anilines is 3. The van der Waals surface area contributed by atoms with Crippen molar-refractivity contribution in [2.24, 2.45) is 0 Å². The highest BCUT2D eigenvalue weighted by molar-refractivity contribution is 5.87. The van der Waals surface area contributed by atoms with E-state index in [1.54, 1.807) is 24.7 Å². The molecule has 5 rings (SSSR count). The van der Waals surface area contributed by atoms with Crippen LogP contribution >= 0.6 is 0 Å². The Morgan fingerprint density at radius 3 is 2.67 bits per heavy atom. The molecule has 3 N–H and O–H groups in total. The number of fused-ring (bicyclic) bond motifs is 2. The van der Waals surface area contributed by atoms with Crippen LogP contribution in [0.25, 0.3) is 22.1 Å². The number of nitrogens with one attached hydrogen (secondary N) is 2. The first-order chi connectivity index (χ1) is 16.1. The first kappa shape index (κ1) is 20.7. The van der Waals surface area contributed by atoms with Crippen molar-refractivity contribution in [3.63, 3.8) is 0 Å². The van der Waals surface area contributed by atoms with Crippen molar-refractivity contribution in [1.82, 2.24) is 24.5 Å². The Hall–Kier alpha value is -4.20. The molecule has 8 heteroatoms. The second-order valence-corrected chi connectivity index (χ2v) is 8.17. The third kappa shape index (κ3) is 4.27. The van der Waals surface area contributed by atoms with Crippen LogP contribution in [0, 0.1) is 0 Å². The first-order valence-electron chi connectivity index (χ1n) is 10.9. The quantitative estimate of drug-likeness (QED) is 0.326. The van der Waals surface area contributed by atoms with Crippen LogP contribution in [0.15, 0.2) is 67.1 Å². The first-order valence-corrected chi connectivity index (χ1v) is 10.9. The molecule has 0 amide bonds. The Morgan fingerprint density at radius 1 is 1.00 bits per heavy atom. The van der Waals surface area contributed by atoms with Gasteiger partial charge in [0.2, 0.25) is 5.95 Å². The fourth-order valence-corrected chi connectivity index (χ4v) is 3.89. The van der Waals surface area contributed by atoms with Crippen molar-refractivity contribution < 1.29 is 5.11 Å². The summed E-state index contributed by atoms with van der Waals surface area (Å²) in [5, 5.41) is 17.4. The number of aromatic hydroxyl groups is 1. The fraction of sp³-hybridized carbons (Fsp3) is 0.200. The molecule has 0 spiro atoms. The highest BCUT2D eigenvalue weighted by atomic mass is 16.3. The van der Waals surface area contributed by atoms with Crippen molar-refractivity contribution in [2.45, 2.75) is 26.3 Å². The third-order valence-electron chi connectivity index (χ3n) is 5.50. The zero-order valence-corrected chi connectivity index (χ0v) is 18.5. The van der Waals surface area contributed by atoms with Crippen LogP contribution in [0.1, 0.15) is 25.5 Å². The highest BCUT2D eigenvalue weighted by Gasteiger charge is 2.18. The van der Waals surface area contributed by atoms with Crippen LogP contribution < -0.4 is 10.6 Å². The molecule has 3 aromatic heterocycles. The molecule has 166 valence electrons. The summed E-state index contributed by atoms with van der Waals surface area (Å²) < 4.78 is 2.08. The largest absolute Gasteiger partial charge is 0.508 e. The number of hydrogen-bond acceptors (Lipinski definition) is 7. The number of phenolic OH excluding ortho intramolecular Hbond substituents is 1. The Kier molecular flexibility index (Phi) is 5.48. The van der Waals surface area contributed by atoms with E-state index in [1.807, 2.05) is 36.4 Å². The average Bonchev–Trinajstić information content (AvgIpc) is 3.19. The second-order valence-electron chi connectivity index (χ2n) is 8.17. The lowest BCUT2D eigenvalue weighted by molar-refractivity contribution is 0.475. The summed E-state index contributed by atoms with van der Waals surface area (Å²) in [6.07, 6.45) is 4.16. The van der Waals surface area contributed by atoms with Crippen LogP contribution in [-0.4, -0.2) is 36.2 Å². The molecular weight excluding hydrogens is 414 g/mol. The number of benzene rings is 2. The molecule has 0 unspecified atom stereocenters. The predicted octanol–water partition coefficient (Wildman–Crippen LogP) is 5.06. The molecule has 0 saturated heterocycles. The molecule has 0 aliphatic heterocycles. The van der Waals surface area contributed by atoms with Crippen LogP contribution in [0.4, 0.5) is 17.5 Å². The summed E-state index contributed by atoms with van der Waals surface area (Å²) >= 11 is 0. The van der Waals surface area contributed by atoms with Gasteiger partial charge in [-0.2, -0.15) is 0 Å². The van der Waals surface area contributed by atoms with Crippen LogP contribution in [0.2, 0.25) is 0 Å². The lowest BCUT2D eigenvalue weighted by atomic mass is 10.1. The van der Waals surface area contributed by atoms with Crippen molar-refractivity contribution in [2.75, 3.05) is 17.2 Å². The van der Waals surface area contributed by atoms with Gasteiger partial charge < -0.3 is 15.7 Å². The van der Waals surface area contributed by atoms with E-state index in [1.165, 1.54) is 0 Å². The Labute approximate surface area is 191 Å². The minimum Gasteiger partial charge on any atom is -0.508 e. The maximum atomic E-state index is 9.46. The molecule has 0 bridgehead atoms. The molecule has 33 heavy (non-hydrogen) atoms. The van der Waals surface area contributed by atoms with E-state index in [-0.39, 0.29) is 11.8 Å². The molecule has 0 fully saturated rings. The summed E-state index contributed by atoms with van der Waals surface area (Å²) in [7, 11) is 0. The normalized spacial score (nSPS) is 11.4. The van der Waals surface area contributed by atoms with E-state index in [4.69, 9.17) is 4.98 Å². The van der Waals surface area contributed by atoms with E-state index >= 15 is 0 Å². The lowest BCUT2D eigenvalue weighted by Crippen LogP contribution is -2.08. The Morgan fingerprint density at radius 2 is 1.85 bits per heavy atom. The maximum Gasteiger partial charge on any atom is 0.210 e. The van der Waals surface area contributed by atoms with Crippen molar-refractivity contribution in [1.29, 1.82) is 0 Å². The number of imidazole rings is 1. The predicted molar refractivity (Wildman–Crippen MR) is 131 cm³/mol. The van der Waals surface area contributed by atoms with Gasteiger partial charge in [-0.05, 0) is 62.2 Å². The van der Waals surface area contributed by atoms with Crippen molar-refractivity contribution in [3.8, 4) is 5.75 Å². The zero-order chi connectivity index (χ0) is 22.8. The van der Waals surface area contributed by atoms with Gasteiger partial charge in [0, 0.05) is 29.9 Å². The van der Waals surface area contributed by atoms with Gasteiger partial charge in [0.1, 0.15) is 12.1 Å². The molecule has 0 radical (unpaired) electrons. The number of rotatable bonds is 7. The third-order valence-corrected chi connectivity index (χ3v) is 5.50. The molecule has 5 aromatic rings. The minimum atomic E-state index is 0.152. The van der Waals surface area contributed by atoms with E-state index in [9.17, 15) is 5.11 Å². The summed E-state index contributed by atoms with van der Waals surface area (Å²) in [5.41, 5.74) is 4.51. The topological polar surface area (TPSA) is 101 Å². The molecule has 0 aliphatic carbocycles. The standard InChI is InChI=1S/C25H25N7O/c1-16(2)32-24-22(23(28-15-29-24)27-13-11-17-5-8-20(33)9-6-17)31-25(32)30-19-7-10-21-18(14-19)4-3-12-26-21/h3-10,12,14-16,33H,11,13H2,1-2H3,(H,30,31)(H,27,28,29). The molecule has 0 atom stereocenters. The molecular formula is C25H25N7O. The smallest absolute Gasteiger partial charge is 0.210 e. The molecule has 8 nitrogen and oxygen atoms in total. The summed E-state index contributed by atoms with van der Waals surface area (Å²) in [5.74, 6) is 1.68. The summed E-state index contributed by atoms with van der Waals surface area (Å²) in [6, 6.07) is 17.4. The van der Waals surface area contributed by atoms with Gasteiger partial charge in [0.05, 0.1) is 5.52 Å². The van der Waals surface area contributed by atoms with Gasteiger partial charge in [-0.3, -0.25) is 9.55 Å². The minimum absolute atomic E-state index is 0.152. The van der Waals surface area contributed by atoms with E-state index < -0.39 is 0 Å². The SMILES string of the molecule is CC(C)n1c(Nc2ccc3ncccc3c2)nc2c(NCCc3ccc(O)cc3)ncnc21. The number of phenols is 1. The van der Waals surface area contributed by atoms with E-state index in [0.29, 0.717) is 18.3 Å². The highest BCUT2D eigenvalue weighted by Crippen LogP contribution is 2.29. The molecule has 3 heterocycles. The van der Waals surface area contributed by atoms with Gasteiger partial charge in [0.25, 0.3) is 0 Å². The summed E-state index contributed by atoms with van der Waals surface area (Å²) in [4.78, 5) is 18.2. The Bertz CT molecular complexity index is 1410. The maximum absolute atomic E-state index is 9.46. The number of hydrogen-bond donors (Lipinski definition) is 3. The van der Waals surface area contributed by atoms with Gasteiger partial charge in [-0.1, -0.05) is 18.2 Å². The van der Waals surface area contributed by atoms with E-state index in [2.05, 4.69) is 50.1 Å². The van der Waals surface area contributed by atoms with Gasteiger partial charge in [-0.25, -0.2) is 15.0 Å². The number of nitrogens with zero attached hydrogens (tertiary/aromatic N) is 5. The molecule has 0 aliphatic rings. The average molecular weight is 440 g/mol. The fourth-order valence-electron chi connectivity index (χ4n) is 3.89. The molecule has 0 saturated carbocycles. The number of pyridine rings is 1. The van der Waals surface area contributed by atoms with Gasteiger partial charge in [-0.15, -0.1) is 0 Å². The van der Waals surface area contributed by atoms with Crippen LogP contribution in [0.3, 0.4) is 0 Å². The van der Waals surface area contributed by atoms with Crippen molar-refractivity contribution in [3.05, 3.63) is 72.7 Å².